The van der Waals surface area contributed by atoms with Crippen molar-refractivity contribution in [1.82, 2.24) is 4.90 Å². The summed E-state index contributed by atoms with van der Waals surface area (Å²) in [6.45, 7) is 7.85. The van der Waals surface area contributed by atoms with E-state index in [2.05, 4.69) is 43.0 Å². The number of nitriles is 1. The van der Waals surface area contributed by atoms with Gasteiger partial charge in [0, 0.05) is 38.8 Å². The molecule has 0 atom stereocenters. The molecule has 0 N–H and O–H groups in total. The maximum absolute atomic E-state index is 8.89. The molecule has 1 fully saturated rings. The molecule has 108 valence electrons. The van der Waals surface area contributed by atoms with Gasteiger partial charge in [0.05, 0.1) is 6.07 Å². The molecule has 1 aliphatic rings. The Hall–Kier alpha value is -1.37. The molecule has 0 amide bonds. The number of hydrogen-bond donors (Lipinski definition) is 0. The first-order chi connectivity index (χ1) is 9.72. The van der Waals surface area contributed by atoms with Crippen molar-refractivity contribution >= 4 is 0 Å². The molecule has 0 aromatic heterocycles. The van der Waals surface area contributed by atoms with Crippen molar-refractivity contribution in [1.29, 1.82) is 5.26 Å². The Morgan fingerprint density at radius 2 is 1.90 bits per heavy atom. The van der Waals surface area contributed by atoms with Crippen LogP contribution in [0.2, 0.25) is 0 Å². The van der Waals surface area contributed by atoms with Gasteiger partial charge < -0.3 is 4.74 Å². The fraction of sp³-hybridized carbons (Fsp3) is 0.588. The number of rotatable bonds is 5. The van der Waals surface area contributed by atoms with Gasteiger partial charge in [0.2, 0.25) is 0 Å². The standard InChI is InChI=1S/C17H24N2O/c1-14-5-3-6-15(2)17(14)13-19(10-4-9-18)16-7-11-20-12-8-16/h3,5-6,16H,4,7-8,10-13H2,1-2H3. The smallest absolute Gasteiger partial charge is 0.0635 e. The van der Waals surface area contributed by atoms with Gasteiger partial charge in [-0.3, -0.25) is 4.90 Å². The zero-order chi connectivity index (χ0) is 14.4. The number of aryl methyl sites for hydroxylation is 2. The highest BCUT2D eigenvalue weighted by Gasteiger charge is 2.22. The van der Waals surface area contributed by atoms with E-state index in [1.165, 1.54) is 16.7 Å². The summed E-state index contributed by atoms with van der Waals surface area (Å²) in [6.07, 6.45) is 2.76. The van der Waals surface area contributed by atoms with Crippen LogP contribution in [0.4, 0.5) is 0 Å². The summed E-state index contributed by atoms with van der Waals surface area (Å²) >= 11 is 0. The van der Waals surface area contributed by atoms with Crippen molar-refractivity contribution in [3.63, 3.8) is 0 Å². The van der Waals surface area contributed by atoms with Crippen LogP contribution in [-0.2, 0) is 11.3 Å². The molecule has 0 radical (unpaired) electrons. The third kappa shape index (κ3) is 3.82. The van der Waals surface area contributed by atoms with Gasteiger partial charge in [0.1, 0.15) is 0 Å². The van der Waals surface area contributed by atoms with Gasteiger partial charge in [-0.2, -0.15) is 5.26 Å². The highest BCUT2D eigenvalue weighted by atomic mass is 16.5. The third-order valence-corrected chi connectivity index (χ3v) is 4.22. The van der Waals surface area contributed by atoms with Crippen LogP contribution in [0.25, 0.3) is 0 Å². The Labute approximate surface area is 122 Å². The summed E-state index contributed by atoms with van der Waals surface area (Å²) < 4.78 is 5.46. The molecule has 1 aromatic carbocycles. The average molecular weight is 272 g/mol. The minimum Gasteiger partial charge on any atom is -0.381 e. The second-order valence-corrected chi connectivity index (χ2v) is 5.59. The first kappa shape index (κ1) is 15.0. The van der Waals surface area contributed by atoms with Crippen LogP contribution >= 0.6 is 0 Å². The molecule has 3 heteroatoms. The minimum atomic E-state index is 0.552. The second kappa shape index (κ2) is 7.42. The van der Waals surface area contributed by atoms with Crippen LogP contribution < -0.4 is 0 Å². The molecule has 1 aliphatic heterocycles. The maximum atomic E-state index is 8.89. The van der Waals surface area contributed by atoms with Gasteiger partial charge in [-0.25, -0.2) is 0 Å². The topological polar surface area (TPSA) is 36.3 Å². The summed E-state index contributed by atoms with van der Waals surface area (Å²) in [5.74, 6) is 0. The highest BCUT2D eigenvalue weighted by Crippen LogP contribution is 2.21. The number of benzene rings is 1. The first-order valence-corrected chi connectivity index (χ1v) is 7.46. The van der Waals surface area contributed by atoms with Gasteiger partial charge in [-0.05, 0) is 43.4 Å². The van der Waals surface area contributed by atoms with Gasteiger partial charge in [0.25, 0.3) is 0 Å². The van der Waals surface area contributed by atoms with Gasteiger partial charge in [-0.15, -0.1) is 0 Å². The lowest BCUT2D eigenvalue weighted by Crippen LogP contribution is -2.39. The summed E-state index contributed by atoms with van der Waals surface area (Å²) in [5.41, 5.74) is 4.11. The first-order valence-electron chi connectivity index (χ1n) is 7.46. The lowest BCUT2D eigenvalue weighted by molar-refractivity contribution is 0.0316. The summed E-state index contributed by atoms with van der Waals surface area (Å²) in [7, 11) is 0. The highest BCUT2D eigenvalue weighted by molar-refractivity contribution is 5.33. The van der Waals surface area contributed by atoms with E-state index in [4.69, 9.17) is 10.00 Å². The Kier molecular flexibility index (Phi) is 5.58. The van der Waals surface area contributed by atoms with E-state index in [9.17, 15) is 0 Å². The van der Waals surface area contributed by atoms with Crippen LogP contribution in [0.15, 0.2) is 18.2 Å². The maximum Gasteiger partial charge on any atom is 0.0635 e. The van der Waals surface area contributed by atoms with Crippen LogP contribution in [0, 0.1) is 25.2 Å². The normalized spacial score (nSPS) is 16.3. The molecule has 0 unspecified atom stereocenters. The predicted molar refractivity (Wildman–Crippen MR) is 80.4 cm³/mol. The molecule has 0 saturated carbocycles. The van der Waals surface area contributed by atoms with Crippen LogP contribution in [0.3, 0.4) is 0 Å². The monoisotopic (exact) mass is 272 g/mol. The van der Waals surface area contributed by atoms with E-state index in [1.54, 1.807) is 0 Å². The molecule has 3 nitrogen and oxygen atoms in total. The van der Waals surface area contributed by atoms with Crippen molar-refractivity contribution in [3.8, 4) is 6.07 Å². The summed E-state index contributed by atoms with van der Waals surface area (Å²) in [5, 5.41) is 8.89. The zero-order valence-electron chi connectivity index (χ0n) is 12.6. The lowest BCUT2D eigenvalue weighted by Gasteiger charge is -2.34. The second-order valence-electron chi connectivity index (χ2n) is 5.59. The molecule has 1 heterocycles. The quantitative estimate of drug-likeness (QED) is 0.826. The third-order valence-electron chi connectivity index (χ3n) is 4.22. The molecule has 0 bridgehead atoms. The predicted octanol–water partition coefficient (Wildman–Crippen LogP) is 3.20. The van der Waals surface area contributed by atoms with Gasteiger partial charge >= 0.3 is 0 Å². The van der Waals surface area contributed by atoms with Gasteiger partial charge in [0.15, 0.2) is 0 Å². The van der Waals surface area contributed by atoms with E-state index in [0.29, 0.717) is 12.5 Å². The van der Waals surface area contributed by atoms with Crippen molar-refractivity contribution in [2.75, 3.05) is 19.8 Å². The van der Waals surface area contributed by atoms with Crippen molar-refractivity contribution in [3.05, 3.63) is 34.9 Å². The molecular formula is C17H24N2O. The van der Waals surface area contributed by atoms with Crippen molar-refractivity contribution in [2.24, 2.45) is 0 Å². The largest absolute Gasteiger partial charge is 0.381 e. The van der Waals surface area contributed by atoms with Crippen molar-refractivity contribution in [2.45, 2.75) is 45.7 Å². The van der Waals surface area contributed by atoms with Crippen LogP contribution in [0.1, 0.15) is 36.0 Å². The minimum absolute atomic E-state index is 0.552. The fourth-order valence-electron chi connectivity index (χ4n) is 2.94. The molecule has 20 heavy (non-hydrogen) atoms. The fourth-order valence-corrected chi connectivity index (χ4v) is 2.94. The SMILES string of the molecule is Cc1cccc(C)c1CN(CCC#N)C1CCOCC1. The Balaban J connectivity index is 2.12. The molecule has 2 rings (SSSR count). The van der Waals surface area contributed by atoms with Crippen LogP contribution in [-0.4, -0.2) is 30.7 Å². The summed E-state index contributed by atoms with van der Waals surface area (Å²) in [6, 6.07) is 9.30. The lowest BCUT2D eigenvalue weighted by atomic mass is 10.00. The van der Waals surface area contributed by atoms with Crippen molar-refractivity contribution < 1.29 is 4.74 Å². The van der Waals surface area contributed by atoms with Crippen LogP contribution in [0.5, 0.6) is 0 Å². The number of ether oxygens (including phenoxy) is 1. The molecule has 1 saturated heterocycles. The molecule has 0 aliphatic carbocycles. The average Bonchev–Trinajstić information content (AvgIpc) is 2.47. The summed E-state index contributed by atoms with van der Waals surface area (Å²) in [4.78, 5) is 2.47. The zero-order valence-corrected chi connectivity index (χ0v) is 12.6. The molecule has 0 spiro atoms. The van der Waals surface area contributed by atoms with E-state index in [-0.39, 0.29) is 0 Å². The Morgan fingerprint density at radius 3 is 2.50 bits per heavy atom. The number of nitrogens with zero attached hydrogens (tertiary/aromatic N) is 2. The Morgan fingerprint density at radius 1 is 1.25 bits per heavy atom. The molecule has 1 aromatic rings. The van der Waals surface area contributed by atoms with E-state index < -0.39 is 0 Å². The van der Waals surface area contributed by atoms with E-state index in [0.717, 1.165) is 39.1 Å². The number of hydrogen-bond acceptors (Lipinski definition) is 3. The molecular weight excluding hydrogens is 248 g/mol. The van der Waals surface area contributed by atoms with E-state index >= 15 is 0 Å². The van der Waals surface area contributed by atoms with E-state index in [1.807, 2.05) is 0 Å². The Bertz CT molecular complexity index is 452. The van der Waals surface area contributed by atoms with Gasteiger partial charge in [-0.1, -0.05) is 18.2 Å².